The van der Waals surface area contributed by atoms with Crippen LogP contribution in [0.2, 0.25) is 0 Å². The van der Waals surface area contributed by atoms with Crippen LogP contribution in [-0.4, -0.2) is 63.6 Å². The van der Waals surface area contributed by atoms with Crippen molar-refractivity contribution in [2.45, 2.75) is 24.4 Å². The molecule has 4 atom stereocenters. The van der Waals surface area contributed by atoms with Gasteiger partial charge in [-0.05, 0) is 0 Å². The van der Waals surface area contributed by atoms with Crippen molar-refractivity contribution in [1.82, 2.24) is 0 Å². The molecule has 14 heavy (non-hydrogen) atoms. The van der Waals surface area contributed by atoms with Gasteiger partial charge in [0.05, 0.1) is 6.61 Å². The van der Waals surface area contributed by atoms with Gasteiger partial charge in [-0.1, -0.05) is 0 Å². The molecule has 7 nitrogen and oxygen atoms in total. The first-order valence-electron chi connectivity index (χ1n) is 4.08. The summed E-state index contributed by atoms with van der Waals surface area (Å²) in [6, 6.07) is -0.772. The van der Waals surface area contributed by atoms with Crippen molar-refractivity contribution in [2.24, 2.45) is 15.7 Å². The van der Waals surface area contributed by atoms with Crippen LogP contribution in [0.1, 0.15) is 0 Å². The quantitative estimate of drug-likeness (QED) is 0.329. The number of nitrogens with two attached hydrogens (primary N) is 1. The second-order valence-corrected chi connectivity index (χ2v) is 2.99. The molecule has 0 fully saturated rings. The van der Waals surface area contributed by atoms with Crippen molar-refractivity contribution >= 4 is 12.2 Å². The van der Waals surface area contributed by atoms with Crippen LogP contribution in [0.5, 0.6) is 0 Å². The van der Waals surface area contributed by atoms with Crippen LogP contribution in [0.4, 0.5) is 0 Å². The van der Waals surface area contributed by atoms with Crippen LogP contribution in [0, 0.1) is 0 Å². The molecule has 1 aliphatic rings. The molecule has 6 N–H and O–H groups in total. The molecule has 7 heteroatoms. The van der Waals surface area contributed by atoms with Gasteiger partial charge < -0.3 is 26.2 Å². The maximum atomic E-state index is 9.46. The van der Waals surface area contributed by atoms with Gasteiger partial charge in [-0.25, -0.2) is 9.98 Å². The van der Waals surface area contributed by atoms with Gasteiger partial charge in [0.2, 0.25) is 5.96 Å². The van der Waals surface area contributed by atoms with E-state index < -0.39 is 31.0 Å². The molecule has 0 aliphatic carbocycles. The molecule has 0 unspecified atom stereocenters. The molecule has 0 aromatic rings. The summed E-state index contributed by atoms with van der Waals surface area (Å²) in [6.45, 7) is -0.638. The third-order valence-electron chi connectivity index (χ3n) is 1.92. The average Bonchev–Trinajstić information content (AvgIpc) is 2.61. The first kappa shape index (κ1) is 11.1. The minimum absolute atomic E-state index is 0.0136. The van der Waals surface area contributed by atoms with Gasteiger partial charge in [-0.2, -0.15) is 0 Å². The highest BCUT2D eigenvalue weighted by molar-refractivity contribution is 5.93. The topological polar surface area (TPSA) is 132 Å². The van der Waals surface area contributed by atoms with Crippen LogP contribution >= 0.6 is 0 Å². The van der Waals surface area contributed by atoms with E-state index in [1.54, 1.807) is 0 Å². The van der Waals surface area contributed by atoms with Crippen LogP contribution in [0.3, 0.4) is 0 Å². The lowest BCUT2D eigenvalue weighted by molar-refractivity contribution is -0.0767. The molecule has 1 rings (SSSR count). The number of aliphatic hydroxyl groups excluding tert-OH is 4. The monoisotopic (exact) mass is 203 g/mol. The summed E-state index contributed by atoms with van der Waals surface area (Å²) in [5, 5.41) is 36.3. The highest BCUT2D eigenvalue weighted by atomic mass is 16.4. The summed E-state index contributed by atoms with van der Waals surface area (Å²) in [7, 11) is 0. The fraction of sp³-hybridized carbons (Fsp3) is 0.714. The van der Waals surface area contributed by atoms with E-state index in [1.165, 1.54) is 6.21 Å². The Hall–Kier alpha value is -1.02. The van der Waals surface area contributed by atoms with Gasteiger partial charge in [0.15, 0.2) is 0 Å². The molecular formula is C7H13N3O4. The summed E-state index contributed by atoms with van der Waals surface area (Å²) in [6.07, 6.45) is -2.95. The Kier molecular flexibility index (Phi) is 3.53. The van der Waals surface area contributed by atoms with Crippen molar-refractivity contribution in [1.29, 1.82) is 0 Å². The van der Waals surface area contributed by atoms with Crippen molar-refractivity contribution in [2.75, 3.05) is 6.61 Å². The van der Waals surface area contributed by atoms with Gasteiger partial charge in [0, 0.05) is 6.21 Å². The standard InChI is InChI=1S/C7H13N3O4/c8-7-9-1-3(10-7)5(13)6(14)4(12)2-11/h1,3-6,11-14H,2H2,(H2,8,10)/t3-,4+,5+,6-/m1/s1. The van der Waals surface area contributed by atoms with Crippen LogP contribution in [0.25, 0.3) is 0 Å². The summed E-state index contributed by atoms with van der Waals surface area (Å²) in [4.78, 5) is 7.29. The highest BCUT2D eigenvalue weighted by Crippen LogP contribution is 2.09. The SMILES string of the molecule is NC1=N[C@@H]([C@H](O)[C@H](O)[C@@H](O)CO)C=N1. The van der Waals surface area contributed by atoms with Crippen molar-refractivity contribution in [3.8, 4) is 0 Å². The predicted octanol–water partition coefficient (Wildman–Crippen LogP) is -3.17. The first-order valence-corrected chi connectivity index (χ1v) is 4.08. The minimum Gasteiger partial charge on any atom is -0.394 e. The third-order valence-corrected chi connectivity index (χ3v) is 1.92. The van der Waals surface area contributed by atoms with E-state index in [2.05, 4.69) is 9.98 Å². The Labute approximate surface area is 80.2 Å². The van der Waals surface area contributed by atoms with Crippen molar-refractivity contribution in [3.05, 3.63) is 0 Å². The summed E-state index contributed by atoms with van der Waals surface area (Å²) >= 11 is 0. The molecule has 0 radical (unpaired) electrons. The number of rotatable bonds is 4. The van der Waals surface area contributed by atoms with Crippen LogP contribution in [0.15, 0.2) is 9.98 Å². The van der Waals surface area contributed by atoms with Gasteiger partial charge in [-0.3, -0.25) is 0 Å². The van der Waals surface area contributed by atoms with Crippen LogP contribution < -0.4 is 5.73 Å². The van der Waals surface area contributed by atoms with Crippen molar-refractivity contribution in [3.63, 3.8) is 0 Å². The average molecular weight is 203 g/mol. The molecule has 0 saturated carbocycles. The molecular weight excluding hydrogens is 190 g/mol. The van der Waals surface area contributed by atoms with Gasteiger partial charge in [0.1, 0.15) is 24.4 Å². The Morgan fingerprint density at radius 3 is 2.50 bits per heavy atom. The molecule has 0 aromatic carbocycles. The van der Waals surface area contributed by atoms with E-state index in [1.807, 2.05) is 0 Å². The molecule has 80 valence electrons. The number of hydrogen-bond donors (Lipinski definition) is 5. The Balaban J connectivity index is 2.57. The number of aliphatic imine (C=N–C) groups is 2. The molecule has 1 heterocycles. The number of hydrogen-bond acceptors (Lipinski definition) is 7. The second kappa shape index (κ2) is 4.47. The van der Waals surface area contributed by atoms with Gasteiger partial charge in [-0.15, -0.1) is 0 Å². The lowest BCUT2D eigenvalue weighted by Crippen LogP contribution is -2.45. The molecule has 0 bridgehead atoms. The zero-order valence-corrected chi connectivity index (χ0v) is 7.35. The third kappa shape index (κ3) is 2.26. The fourth-order valence-corrected chi connectivity index (χ4v) is 1.07. The Bertz CT molecular complexity index is 255. The summed E-state index contributed by atoms with van der Waals surface area (Å²) < 4.78 is 0. The van der Waals surface area contributed by atoms with Gasteiger partial charge >= 0.3 is 0 Å². The van der Waals surface area contributed by atoms with Crippen molar-refractivity contribution < 1.29 is 20.4 Å². The molecule has 0 spiro atoms. The Morgan fingerprint density at radius 1 is 1.43 bits per heavy atom. The molecule has 0 aromatic heterocycles. The predicted molar refractivity (Wildman–Crippen MR) is 49.0 cm³/mol. The maximum Gasteiger partial charge on any atom is 0.215 e. The fourth-order valence-electron chi connectivity index (χ4n) is 1.07. The largest absolute Gasteiger partial charge is 0.394 e. The second-order valence-electron chi connectivity index (χ2n) is 2.99. The molecule has 0 amide bonds. The summed E-state index contributed by atoms with van der Waals surface area (Å²) in [5.41, 5.74) is 5.22. The highest BCUT2D eigenvalue weighted by Gasteiger charge is 2.31. The van der Waals surface area contributed by atoms with Crippen LogP contribution in [-0.2, 0) is 0 Å². The summed E-state index contributed by atoms with van der Waals surface area (Å²) in [5.74, 6) is 0.0136. The normalized spacial score (nSPS) is 27.1. The number of nitrogens with zero attached hydrogens (tertiary/aromatic N) is 2. The zero-order chi connectivity index (χ0) is 10.7. The smallest absolute Gasteiger partial charge is 0.215 e. The molecule has 1 aliphatic heterocycles. The Morgan fingerprint density at radius 2 is 2.07 bits per heavy atom. The number of aliphatic hydroxyl groups is 4. The molecule has 0 saturated heterocycles. The number of guanidine groups is 1. The van der Waals surface area contributed by atoms with E-state index in [0.29, 0.717) is 0 Å². The lowest BCUT2D eigenvalue weighted by Gasteiger charge is -2.22. The van der Waals surface area contributed by atoms with Gasteiger partial charge in [0.25, 0.3) is 0 Å². The maximum absolute atomic E-state index is 9.46. The van der Waals surface area contributed by atoms with E-state index in [9.17, 15) is 10.2 Å². The van der Waals surface area contributed by atoms with E-state index in [0.717, 1.165) is 0 Å². The lowest BCUT2D eigenvalue weighted by atomic mass is 10.0. The first-order chi connectivity index (χ1) is 6.56. The zero-order valence-electron chi connectivity index (χ0n) is 7.35. The van der Waals surface area contributed by atoms with E-state index in [-0.39, 0.29) is 5.96 Å². The minimum atomic E-state index is -1.48. The van der Waals surface area contributed by atoms with E-state index in [4.69, 9.17) is 15.9 Å². The van der Waals surface area contributed by atoms with E-state index >= 15 is 0 Å².